The molecule has 0 N–H and O–H groups in total. The van der Waals surface area contributed by atoms with Crippen molar-refractivity contribution < 1.29 is 4.42 Å². The lowest BCUT2D eigenvalue weighted by molar-refractivity contribution is 0.673. The van der Waals surface area contributed by atoms with Gasteiger partial charge in [0.2, 0.25) is 0 Å². The summed E-state index contributed by atoms with van der Waals surface area (Å²) < 4.78 is 6.72. The average molecular weight is 854 g/mol. The number of furan rings is 1. The molecule has 2 nitrogen and oxygen atoms in total. The molecule has 1 aliphatic carbocycles. The molecule has 0 fully saturated rings. The van der Waals surface area contributed by atoms with Gasteiger partial charge in [-0.25, -0.2) is 0 Å². The van der Waals surface area contributed by atoms with Gasteiger partial charge in [-0.1, -0.05) is 218 Å². The van der Waals surface area contributed by atoms with Gasteiger partial charge in [-0.15, -0.1) is 0 Å². The molecule has 12 aromatic rings. The number of nitrogens with zero attached hydrogens (tertiary/aromatic N) is 1. The highest BCUT2D eigenvalue weighted by Crippen LogP contribution is 2.57. The smallest absolute Gasteiger partial charge is 0.143 e. The Morgan fingerprint density at radius 2 is 0.776 bits per heavy atom. The van der Waals surface area contributed by atoms with E-state index < -0.39 is 5.41 Å². The van der Waals surface area contributed by atoms with Crippen molar-refractivity contribution in [1.82, 2.24) is 0 Å². The SMILES string of the molecule is c1ccc(-c2ccc(N(c3ccc(-c4c(-c5ccccc5)c5c6ccccc6oc5c5ccccc45)cc3)c3ccc4c(c3)C(c3ccccc3)(c3ccccc3)c3ccccc3-4)cc2)cc1. The maximum absolute atomic E-state index is 6.72. The second kappa shape index (κ2) is 15.8. The summed E-state index contributed by atoms with van der Waals surface area (Å²) in [6.45, 7) is 0. The highest BCUT2D eigenvalue weighted by molar-refractivity contribution is 6.26. The van der Waals surface area contributed by atoms with E-state index in [-0.39, 0.29) is 0 Å². The number of benzene rings is 11. The Balaban J connectivity index is 1.03. The van der Waals surface area contributed by atoms with Crippen LogP contribution in [0.5, 0.6) is 0 Å². The summed E-state index contributed by atoms with van der Waals surface area (Å²) in [6.07, 6.45) is 0. The van der Waals surface area contributed by atoms with Crippen LogP contribution in [0, 0.1) is 0 Å². The monoisotopic (exact) mass is 853 g/mol. The zero-order chi connectivity index (χ0) is 44.3. The van der Waals surface area contributed by atoms with Crippen molar-refractivity contribution in [3.05, 3.63) is 283 Å². The summed E-state index contributed by atoms with van der Waals surface area (Å²) in [6, 6.07) is 95.0. The van der Waals surface area contributed by atoms with Crippen LogP contribution in [-0.4, -0.2) is 0 Å². The standard InChI is InChI=1S/C65H43NO/c1-5-19-44(20-6-1)45-33-37-50(38-34-45)66(52-41-42-54-53-27-15-17-31-58(53)65(59(54)43-52,48-23-9-3-10-24-48)49-25-11-4-12-26-49)51-39-35-47(36-40-51)61-55-28-13-14-29-56(55)64-63(57-30-16-18-32-60(57)67-64)62(61)46-21-7-2-8-22-46/h1-43H. The Kier molecular flexibility index (Phi) is 9.11. The molecule has 0 unspecified atom stereocenters. The molecule has 1 aliphatic rings. The van der Waals surface area contributed by atoms with Crippen LogP contribution in [0.25, 0.3) is 77.2 Å². The summed E-state index contributed by atoms with van der Waals surface area (Å²) in [7, 11) is 0. The van der Waals surface area contributed by atoms with Crippen LogP contribution in [0.3, 0.4) is 0 Å². The molecule has 2 heteroatoms. The summed E-state index contributed by atoms with van der Waals surface area (Å²) in [5.74, 6) is 0. The molecule has 1 heterocycles. The molecule has 13 rings (SSSR count). The number of para-hydroxylation sites is 1. The van der Waals surface area contributed by atoms with Gasteiger partial charge in [0.1, 0.15) is 11.2 Å². The molecule has 0 amide bonds. The zero-order valence-corrected chi connectivity index (χ0v) is 36.7. The lowest BCUT2D eigenvalue weighted by Crippen LogP contribution is -2.28. The van der Waals surface area contributed by atoms with E-state index in [0.29, 0.717) is 0 Å². The first-order valence-electron chi connectivity index (χ1n) is 23.1. The Bertz CT molecular complexity index is 3720. The fraction of sp³-hybridized carbons (Fsp3) is 0.0154. The van der Waals surface area contributed by atoms with Gasteiger partial charge < -0.3 is 9.32 Å². The number of hydrogen-bond donors (Lipinski definition) is 0. The van der Waals surface area contributed by atoms with Crippen LogP contribution < -0.4 is 4.90 Å². The van der Waals surface area contributed by atoms with E-state index in [4.69, 9.17) is 4.42 Å². The number of rotatable bonds is 8. The van der Waals surface area contributed by atoms with Crippen LogP contribution in [0.1, 0.15) is 22.3 Å². The Morgan fingerprint density at radius 1 is 0.313 bits per heavy atom. The fourth-order valence-corrected chi connectivity index (χ4v) is 11.1. The highest BCUT2D eigenvalue weighted by Gasteiger charge is 2.46. The van der Waals surface area contributed by atoms with E-state index in [1.54, 1.807) is 0 Å². The van der Waals surface area contributed by atoms with E-state index in [9.17, 15) is 0 Å². The molecule has 314 valence electrons. The Morgan fingerprint density at radius 3 is 1.43 bits per heavy atom. The van der Waals surface area contributed by atoms with Crippen molar-refractivity contribution in [2.24, 2.45) is 0 Å². The van der Waals surface area contributed by atoms with Crippen molar-refractivity contribution in [3.63, 3.8) is 0 Å². The Labute approximate surface area is 390 Å². The molecule has 0 saturated carbocycles. The van der Waals surface area contributed by atoms with Crippen LogP contribution in [-0.2, 0) is 5.41 Å². The third-order valence-electron chi connectivity index (χ3n) is 13.9. The van der Waals surface area contributed by atoms with Gasteiger partial charge in [-0.2, -0.15) is 0 Å². The third-order valence-corrected chi connectivity index (χ3v) is 13.9. The van der Waals surface area contributed by atoms with E-state index in [1.165, 1.54) is 55.6 Å². The first-order valence-corrected chi connectivity index (χ1v) is 23.1. The second-order valence-corrected chi connectivity index (χ2v) is 17.5. The minimum atomic E-state index is -0.526. The molecule has 0 saturated heterocycles. The van der Waals surface area contributed by atoms with Gasteiger partial charge in [0.15, 0.2) is 0 Å². The summed E-state index contributed by atoms with van der Waals surface area (Å²) in [5.41, 5.74) is 19.1. The number of fused-ring (bicyclic) bond motifs is 8. The van der Waals surface area contributed by atoms with Crippen molar-refractivity contribution in [1.29, 1.82) is 0 Å². The van der Waals surface area contributed by atoms with Crippen LogP contribution >= 0.6 is 0 Å². The summed E-state index contributed by atoms with van der Waals surface area (Å²) >= 11 is 0. The minimum Gasteiger partial charge on any atom is -0.455 e. The number of hydrogen-bond acceptors (Lipinski definition) is 2. The van der Waals surface area contributed by atoms with Gasteiger partial charge in [0.25, 0.3) is 0 Å². The molecular weight excluding hydrogens is 811 g/mol. The molecule has 1 aromatic heterocycles. The predicted octanol–water partition coefficient (Wildman–Crippen LogP) is 17.6. The average Bonchev–Trinajstić information content (AvgIpc) is 3.94. The van der Waals surface area contributed by atoms with E-state index in [1.807, 2.05) is 0 Å². The molecule has 67 heavy (non-hydrogen) atoms. The van der Waals surface area contributed by atoms with Gasteiger partial charge in [-0.05, 0) is 109 Å². The molecule has 0 atom stereocenters. The van der Waals surface area contributed by atoms with E-state index in [2.05, 4.69) is 266 Å². The maximum Gasteiger partial charge on any atom is 0.143 e. The molecule has 0 aliphatic heterocycles. The van der Waals surface area contributed by atoms with Crippen molar-refractivity contribution >= 4 is 49.8 Å². The fourth-order valence-electron chi connectivity index (χ4n) is 11.1. The lowest BCUT2D eigenvalue weighted by atomic mass is 9.67. The van der Waals surface area contributed by atoms with Gasteiger partial charge in [-0.3, -0.25) is 0 Å². The number of anilines is 3. The van der Waals surface area contributed by atoms with Crippen LogP contribution in [0.2, 0.25) is 0 Å². The van der Waals surface area contributed by atoms with Gasteiger partial charge in [0, 0.05) is 38.8 Å². The minimum absolute atomic E-state index is 0.526. The molecular formula is C65H43NO. The van der Waals surface area contributed by atoms with Crippen molar-refractivity contribution in [2.75, 3.05) is 4.90 Å². The van der Waals surface area contributed by atoms with E-state index >= 15 is 0 Å². The van der Waals surface area contributed by atoms with Crippen molar-refractivity contribution in [2.45, 2.75) is 5.41 Å². The molecule has 0 spiro atoms. The van der Waals surface area contributed by atoms with E-state index in [0.717, 1.165) is 60.9 Å². The molecule has 0 bridgehead atoms. The first-order chi connectivity index (χ1) is 33.3. The molecule has 11 aromatic carbocycles. The first kappa shape index (κ1) is 38.7. The predicted molar refractivity (Wildman–Crippen MR) is 280 cm³/mol. The second-order valence-electron chi connectivity index (χ2n) is 17.5. The zero-order valence-electron chi connectivity index (χ0n) is 36.7. The largest absolute Gasteiger partial charge is 0.455 e. The van der Waals surface area contributed by atoms with Gasteiger partial charge in [0.05, 0.1) is 5.41 Å². The molecule has 0 radical (unpaired) electrons. The van der Waals surface area contributed by atoms with Crippen LogP contribution in [0.4, 0.5) is 17.1 Å². The summed E-state index contributed by atoms with van der Waals surface area (Å²) in [4.78, 5) is 2.42. The quantitative estimate of drug-likeness (QED) is 0.151. The normalized spacial score (nSPS) is 12.6. The third kappa shape index (κ3) is 6.11. The van der Waals surface area contributed by atoms with Crippen molar-refractivity contribution in [3.8, 4) is 44.5 Å². The topological polar surface area (TPSA) is 16.4 Å². The summed E-state index contributed by atoms with van der Waals surface area (Å²) in [5, 5.41) is 4.52. The Hall–Kier alpha value is -8.72. The lowest BCUT2D eigenvalue weighted by Gasteiger charge is -2.35. The van der Waals surface area contributed by atoms with Crippen LogP contribution in [0.15, 0.2) is 265 Å². The highest BCUT2D eigenvalue weighted by atomic mass is 16.3. The van der Waals surface area contributed by atoms with Gasteiger partial charge >= 0.3 is 0 Å². The maximum atomic E-state index is 6.72.